The number of nitrogens with zero attached hydrogens (tertiary/aromatic N) is 3. The quantitative estimate of drug-likeness (QED) is 0.908. The molecule has 6 heteroatoms. The second-order valence-electron chi connectivity index (χ2n) is 7.46. The number of likely N-dealkylation sites (tertiary alicyclic amines) is 1. The Bertz CT molecular complexity index is 545. The molecule has 0 aromatic carbocycles. The summed E-state index contributed by atoms with van der Waals surface area (Å²) in [6.45, 7) is 7.86. The van der Waals surface area contributed by atoms with E-state index in [1.165, 1.54) is 18.5 Å². The summed E-state index contributed by atoms with van der Waals surface area (Å²) in [6, 6.07) is 2.11. The molecular formula is C16H27ClN4O. The van der Waals surface area contributed by atoms with Gasteiger partial charge in [0.1, 0.15) is 0 Å². The lowest BCUT2D eigenvalue weighted by Crippen LogP contribution is -2.45. The molecule has 1 saturated carbocycles. The minimum absolute atomic E-state index is 0. The fourth-order valence-electron chi connectivity index (χ4n) is 3.06. The first-order valence-electron chi connectivity index (χ1n) is 8.01. The summed E-state index contributed by atoms with van der Waals surface area (Å²) in [7, 11) is 0. The average Bonchev–Trinajstić information content (AvgIpc) is 3.15. The van der Waals surface area contributed by atoms with Crippen LogP contribution < -0.4 is 5.73 Å². The lowest BCUT2D eigenvalue weighted by atomic mass is 10.1. The molecule has 2 heterocycles. The molecule has 0 radical (unpaired) electrons. The van der Waals surface area contributed by atoms with Gasteiger partial charge in [-0.3, -0.25) is 9.48 Å². The number of hydrogen-bond acceptors (Lipinski definition) is 3. The van der Waals surface area contributed by atoms with Crippen LogP contribution in [-0.2, 0) is 5.54 Å². The van der Waals surface area contributed by atoms with Gasteiger partial charge in [0.05, 0.1) is 5.54 Å². The van der Waals surface area contributed by atoms with Crippen LogP contribution in [0.2, 0.25) is 0 Å². The standard InChI is InChI=1S/C16H26N4O.ClH/c1-16(2,3)20-14(11-6-7-11)9-13(18-20)15(21)19-8-4-5-12(17)10-19;/h9,11-12H,4-8,10,17H2,1-3H3;1H. The van der Waals surface area contributed by atoms with E-state index < -0.39 is 0 Å². The molecule has 1 atom stereocenters. The van der Waals surface area contributed by atoms with Crippen molar-refractivity contribution in [3.8, 4) is 0 Å². The summed E-state index contributed by atoms with van der Waals surface area (Å²) in [6.07, 6.45) is 4.42. The van der Waals surface area contributed by atoms with Gasteiger partial charge >= 0.3 is 0 Å². The molecule has 0 spiro atoms. The van der Waals surface area contributed by atoms with Gasteiger partial charge in [-0.05, 0) is 52.5 Å². The highest BCUT2D eigenvalue weighted by atomic mass is 35.5. The maximum atomic E-state index is 12.7. The predicted molar refractivity (Wildman–Crippen MR) is 89.6 cm³/mol. The first-order chi connectivity index (χ1) is 9.86. The van der Waals surface area contributed by atoms with Crippen molar-refractivity contribution < 1.29 is 4.79 Å². The molecule has 1 aliphatic heterocycles. The number of nitrogens with two attached hydrogens (primary N) is 1. The van der Waals surface area contributed by atoms with E-state index in [0.29, 0.717) is 18.2 Å². The van der Waals surface area contributed by atoms with Gasteiger partial charge in [-0.1, -0.05) is 0 Å². The summed E-state index contributed by atoms with van der Waals surface area (Å²) in [4.78, 5) is 14.5. The van der Waals surface area contributed by atoms with Gasteiger partial charge in [-0.25, -0.2) is 0 Å². The average molecular weight is 327 g/mol. The van der Waals surface area contributed by atoms with Gasteiger partial charge in [-0.15, -0.1) is 12.4 Å². The summed E-state index contributed by atoms with van der Waals surface area (Å²) in [5.74, 6) is 0.622. The molecule has 5 nitrogen and oxygen atoms in total. The van der Waals surface area contributed by atoms with Crippen LogP contribution in [0.15, 0.2) is 6.07 Å². The van der Waals surface area contributed by atoms with Crippen LogP contribution in [0.5, 0.6) is 0 Å². The second kappa shape index (κ2) is 6.20. The number of amides is 1. The number of rotatable bonds is 2. The number of halogens is 1. The Balaban J connectivity index is 0.00000176. The minimum Gasteiger partial charge on any atom is -0.336 e. The lowest BCUT2D eigenvalue weighted by Gasteiger charge is -2.30. The third kappa shape index (κ3) is 3.46. The van der Waals surface area contributed by atoms with Crippen molar-refractivity contribution in [2.75, 3.05) is 13.1 Å². The van der Waals surface area contributed by atoms with Crippen LogP contribution >= 0.6 is 12.4 Å². The summed E-state index contributed by atoms with van der Waals surface area (Å²) in [5, 5.41) is 4.63. The molecule has 1 aliphatic carbocycles. The van der Waals surface area contributed by atoms with Gasteiger partial charge in [-0.2, -0.15) is 5.10 Å². The number of hydrogen-bond donors (Lipinski definition) is 1. The van der Waals surface area contributed by atoms with Crippen LogP contribution in [-0.4, -0.2) is 39.7 Å². The zero-order valence-corrected chi connectivity index (χ0v) is 14.5. The molecule has 2 aliphatic rings. The smallest absolute Gasteiger partial charge is 0.274 e. The Hall–Kier alpha value is -1.07. The molecular weight excluding hydrogens is 300 g/mol. The third-order valence-electron chi connectivity index (χ3n) is 4.33. The molecule has 1 aromatic heterocycles. The maximum Gasteiger partial charge on any atom is 0.274 e. The molecule has 2 N–H and O–H groups in total. The molecule has 1 saturated heterocycles. The Morgan fingerprint density at radius 1 is 1.32 bits per heavy atom. The normalized spacial score (nSPS) is 22.4. The second-order valence-corrected chi connectivity index (χ2v) is 7.46. The minimum atomic E-state index is -0.0885. The fourth-order valence-corrected chi connectivity index (χ4v) is 3.06. The van der Waals surface area contributed by atoms with Crippen molar-refractivity contribution in [3.63, 3.8) is 0 Å². The van der Waals surface area contributed by atoms with Crippen molar-refractivity contribution in [1.82, 2.24) is 14.7 Å². The van der Waals surface area contributed by atoms with Gasteiger partial charge in [0.2, 0.25) is 0 Å². The zero-order valence-electron chi connectivity index (χ0n) is 13.7. The van der Waals surface area contributed by atoms with E-state index in [2.05, 4.69) is 25.9 Å². The molecule has 2 fully saturated rings. The van der Waals surface area contributed by atoms with Crippen molar-refractivity contribution in [1.29, 1.82) is 0 Å². The summed E-state index contributed by atoms with van der Waals surface area (Å²) >= 11 is 0. The Morgan fingerprint density at radius 2 is 2.00 bits per heavy atom. The summed E-state index contributed by atoms with van der Waals surface area (Å²) < 4.78 is 2.04. The first-order valence-corrected chi connectivity index (χ1v) is 8.01. The topological polar surface area (TPSA) is 64.2 Å². The van der Waals surface area contributed by atoms with Crippen LogP contribution in [0.1, 0.15) is 68.6 Å². The molecule has 1 aromatic rings. The molecule has 3 rings (SSSR count). The molecule has 124 valence electrons. The number of carbonyl (C=O) groups excluding carboxylic acids is 1. The van der Waals surface area contributed by atoms with Crippen LogP contribution in [0.25, 0.3) is 0 Å². The van der Waals surface area contributed by atoms with Crippen LogP contribution in [0.4, 0.5) is 0 Å². The Kier molecular flexibility index (Phi) is 4.87. The zero-order chi connectivity index (χ0) is 15.2. The highest BCUT2D eigenvalue weighted by molar-refractivity contribution is 5.92. The van der Waals surface area contributed by atoms with Gasteiger partial charge in [0.15, 0.2) is 5.69 Å². The molecule has 22 heavy (non-hydrogen) atoms. The van der Waals surface area contributed by atoms with Crippen molar-refractivity contribution in [3.05, 3.63) is 17.5 Å². The Morgan fingerprint density at radius 3 is 2.55 bits per heavy atom. The van der Waals surface area contributed by atoms with E-state index in [4.69, 9.17) is 5.73 Å². The number of piperidine rings is 1. The van der Waals surface area contributed by atoms with E-state index in [9.17, 15) is 4.79 Å². The van der Waals surface area contributed by atoms with E-state index in [1.54, 1.807) is 0 Å². The lowest BCUT2D eigenvalue weighted by molar-refractivity contribution is 0.0701. The number of aromatic nitrogens is 2. The highest BCUT2D eigenvalue weighted by Crippen LogP contribution is 2.41. The Labute approximate surface area is 138 Å². The third-order valence-corrected chi connectivity index (χ3v) is 4.33. The van der Waals surface area contributed by atoms with Crippen molar-refractivity contribution >= 4 is 18.3 Å². The van der Waals surface area contributed by atoms with Crippen molar-refractivity contribution in [2.45, 2.75) is 64.0 Å². The van der Waals surface area contributed by atoms with Gasteiger partial charge < -0.3 is 10.6 Å². The van der Waals surface area contributed by atoms with E-state index >= 15 is 0 Å². The van der Waals surface area contributed by atoms with Gasteiger partial charge in [0, 0.05) is 30.7 Å². The van der Waals surface area contributed by atoms with Crippen LogP contribution in [0.3, 0.4) is 0 Å². The van der Waals surface area contributed by atoms with Crippen molar-refractivity contribution in [2.24, 2.45) is 5.73 Å². The summed E-state index contributed by atoms with van der Waals surface area (Å²) in [5.41, 5.74) is 7.69. The van der Waals surface area contributed by atoms with E-state index in [0.717, 1.165) is 19.4 Å². The van der Waals surface area contributed by atoms with E-state index in [-0.39, 0.29) is 29.9 Å². The van der Waals surface area contributed by atoms with E-state index in [1.807, 2.05) is 15.6 Å². The van der Waals surface area contributed by atoms with Gasteiger partial charge in [0.25, 0.3) is 5.91 Å². The fraction of sp³-hybridized carbons (Fsp3) is 0.750. The maximum absolute atomic E-state index is 12.7. The first kappa shape index (κ1) is 17.3. The SMILES string of the molecule is CC(C)(C)n1nc(C(=O)N2CCCC(N)C2)cc1C1CC1.Cl. The predicted octanol–water partition coefficient (Wildman–Crippen LogP) is 2.50. The molecule has 1 amide bonds. The molecule has 1 unspecified atom stereocenters. The highest BCUT2D eigenvalue weighted by Gasteiger charge is 2.33. The number of carbonyl (C=O) groups is 1. The monoisotopic (exact) mass is 326 g/mol. The molecule has 0 bridgehead atoms. The largest absolute Gasteiger partial charge is 0.336 e. The van der Waals surface area contributed by atoms with Crippen LogP contribution in [0, 0.1) is 0 Å².